The van der Waals surface area contributed by atoms with E-state index in [-0.39, 0.29) is 41.8 Å². The molecule has 52 heavy (non-hydrogen) atoms. The lowest BCUT2D eigenvalue weighted by molar-refractivity contribution is -0.135. The highest BCUT2D eigenvalue weighted by molar-refractivity contribution is 5.86. The van der Waals surface area contributed by atoms with E-state index in [0.29, 0.717) is 12.4 Å². The number of aromatic amines is 2. The normalized spacial score (nSPS) is 16.0. The summed E-state index contributed by atoms with van der Waals surface area (Å²) >= 11 is 0. The van der Waals surface area contributed by atoms with Gasteiger partial charge in [-0.05, 0) is 81.1 Å². The average molecular weight is 707 g/mol. The summed E-state index contributed by atoms with van der Waals surface area (Å²) in [4.78, 5) is 57.9. The summed E-state index contributed by atoms with van der Waals surface area (Å²) in [5.74, 6) is 7.84. The number of likely N-dealkylation sites (tertiary alicyclic amines) is 1. The number of aromatic nitrogens is 4. The van der Waals surface area contributed by atoms with Gasteiger partial charge in [-0.3, -0.25) is 14.5 Å². The maximum absolute atomic E-state index is 13.5. The fourth-order valence-corrected chi connectivity index (χ4v) is 6.66. The van der Waals surface area contributed by atoms with Crippen LogP contribution < -0.4 is 10.6 Å². The Hall–Kier alpha value is -5.41. The second-order valence-electron chi connectivity index (χ2n) is 14.2. The van der Waals surface area contributed by atoms with Crippen molar-refractivity contribution >= 4 is 17.9 Å². The second-order valence-corrected chi connectivity index (χ2v) is 14.2. The first-order valence-electron chi connectivity index (χ1n) is 17.8. The zero-order chi connectivity index (χ0) is 37.5. The van der Waals surface area contributed by atoms with Crippen molar-refractivity contribution in [2.75, 3.05) is 27.7 Å². The molecule has 2 aromatic carbocycles. The van der Waals surface area contributed by atoms with Crippen molar-refractivity contribution in [1.82, 2.24) is 40.4 Å². The number of hydrogen-bond acceptors (Lipinski definition) is 7. The highest BCUT2D eigenvalue weighted by Gasteiger charge is 2.37. The first kappa shape index (κ1) is 37.8. The quantitative estimate of drug-likeness (QED) is 0.147. The Morgan fingerprint density at radius 1 is 0.846 bits per heavy atom. The summed E-state index contributed by atoms with van der Waals surface area (Å²) in [6.07, 6.45) is 4.59. The van der Waals surface area contributed by atoms with Crippen LogP contribution >= 0.6 is 0 Å². The Bertz CT molecular complexity index is 1890. The number of carbonyl (C=O) groups excluding carboxylic acids is 3. The predicted octanol–water partition coefficient (Wildman–Crippen LogP) is 5.67. The first-order valence-corrected chi connectivity index (χ1v) is 17.8. The van der Waals surface area contributed by atoms with E-state index in [2.05, 4.69) is 42.4 Å². The highest BCUT2D eigenvalue weighted by atomic mass is 16.5. The van der Waals surface area contributed by atoms with Crippen molar-refractivity contribution in [1.29, 1.82) is 0 Å². The van der Waals surface area contributed by atoms with Crippen LogP contribution in [0.4, 0.5) is 4.79 Å². The third-order valence-electron chi connectivity index (χ3n) is 9.40. The molecule has 3 heterocycles. The Balaban J connectivity index is 1.20. The van der Waals surface area contributed by atoms with Crippen LogP contribution in [0.1, 0.15) is 82.3 Å². The number of imidazole rings is 2. The molecular weight excluding hydrogens is 656 g/mol. The van der Waals surface area contributed by atoms with Crippen molar-refractivity contribution in [3.63, 3.8) is 0 Å². The number of methoxy groups -OCH3 is 1. The molecule has 12 heteroatoms. The van der Waals surface area contributed by atoms with Crippen molar-refractivity contribution in [2.45, 2.75) is 71.6 Å². The van der Waals surface area contributed by atoms with Crippen LogP contribution in [0, 0.1) is 23.7 Å². The van der Waals surface area contributed by atoms with Gasteiger partial charge in [-0.1, -0.05) is 63.8 Å². The lowest BCUT2D eigenvalue weighted by atomic mass is 10.0. The van der Waals surface area contributed by atoms with Gasteiger partial charge in [0, 0.05) is 17.7 Å². The molecule has 1 saturated heterocycles. The number of nitrogens with one attached hydrogen (secondary N) is 4. The molecule has 1 aliphatic heterocycles. The third kappa shape index (κ3) is 8.90. The number of rotatable bonds is 11. The van der Waals surface area contributed by atoms with Gasteiger partial charge >= 0.3 is 6.09 Å². The molecule has 4 atom stereocenters. The predicted molar refractivity (Wildman–Crippen MR) is 201 cm³/mol. The van der Waals surface area contributed by atoms with Gasteiger partial charge in [-0.25, -0.2) is 14.8 Å². The number of benzene rings is 2. The van der Waals surface area contributed by atoms with Gasteiger partial charge in [0.05, 0.1) is 49.0 Å². The van der Waals surface area contributed by atoms with Gasteiger partial charge in [-0.15, -0.1) is 0 Å². The van der Waals surface area contributed by atoms with E-state index in [1.165, 1.54) is 7.11 Å². The largest absolute Gasteiger partial charge is 0.453 e. The molecule has 4 aromatic rings. The molecule has 4 N–H and O–H groups in total. The summed E-state index contributed by atoms with van der Waals surface area (Å²) in [5, 5.41) is 5.77. The Kier molecular flexibility index (Phi) is 12.2. The molecule has 2 aromatic heterocycles. The minimum absolute atomic E-state index is 0.0210. The van der Waals surface area contributed by atoms with E-state index in [0.717, 1.165) is 52.3 Å². The first-order chi connectivity index (χ1) is 24.9. The zero-order valence-electron chi connectivity index (χ0n) is 31.3. The van der Waals surface area contributed by atoms with Crippen molar-refractivity contribution in [3.8, 4) is 34.4 Å². The smallest absolute Gasteiger partial charge is 0.407 e. The van der Waals surface area contributed by atoms with Gasteiger partial charge < -0.3 is 30.2 Å². The van der Waals surface area contributed by atoms with Crippen LogP contribution in [-0.2, 0) is 14.3 Å². The monoisotopic (exact) mass is 706 g/mol. The van der Waals surface area contributed by atoms with E-state index in [4.69, 9.17) is 4.74 Å². The minimum atomic E-state index is -0.680. The molecule has 12 nitrogen and oxygen atoms in total. The molecule has 0 bridgehead atoms. The number of hydrogen-bond donors (Lipinski definition) is 4. The molecular formula is C40H50N8O4. The van der Waals surface area contributed by atoms with Gasteiger partial charge in [0.1, 0.15) is 17.7 Å². The second kappa shape index (κ2) is 16.7. The number of H-pyrrole nitrogens is 2. The number of likely N-dealkylation sites (N-methyl/N-ethyl adjacent to an activating group) is 1. The molecule has 1 fully saturated rings. The van der Waals surface area contributed by atoms with Crippen molar-refractivity contribution in [3.05, 3.63) is 83.7 Å². The van der Waals surface area contributed by atoms with Gasteiger partial charge in [-0.2, -0.15) is 0 Å². The fourth-order valence-electron chi connectivity index (χ4n) is 6.66. The Labute approximate surface area is 306 Å². The van der Waals surface area contributed by atoms with Crippen LogP contribution in [0.5, 0.6) is 0 Å². The molecule has 3 amide bonds. The molecule has 274 valence electrons. The van der Waals surface area contributed by atoms with Crippen LogP contribution in [0.25, 0.3) is 22.5 Å². The topological polar surface area (TPSA) is 148 Å². The number of carbonyl (C=O) groups is 3. The zero-order valence-corrected chi connectivity index (χ0v) is 31.3. The van der Waals surface area contributed by atoms with Crippen LogP contribution in [0.2, 0.25) is 0 Å². The van der Waals surface area contributed by atoms with Gasteiger partial charge in [0.2, 0.25) is 11.8 Å². The summed E-state index contributed by atoms with van der Waals surface area (Å²) < 4.78 is 4.74. The van der Waals surface area contributed by atoms with Gasteiger partial charge in [0.25, 0.3) is 0 Å². The number of amides is 3. The van der Waals surface area contributed by atoms with E-state index in [1.807, 2.05) is 102 Å². The molecule has 0 aliphatic carbocycles. The molecule has 5 rings (SSSR count). The molecule has 0 saturated carbocycles. The number of nitrogens with zero attached hydrogens (tertiary/aromatic N) is 4. The minimum Gasteiger partial charge on any atom is -0.453 e. The summed E-state index contributed by atoms with van der Waals surface area (Å²) in [7, 11) is 5.12. The third-order valence-corrected chi connectivity index (χ3v) is 9.40. The SMILES string of the molecule is COC(=O)NC(C(=O)N1CCCC1c1ncc(-c2ccc(C#Cc3ccc(-c4cnc(C(C)NC(=O)C(C(C)C)N(C)C)[nH]4)cc3)cc2)[nH]1)C(C)C. The Morgan fingerprint density at radius 2 is 1.42 bits per heavy atom. The molecule has 1 aliphatic rings. The number of alkyl carbamates (subject to hydrolysis) is 1. The van der Waals surface area contributed by atoms with Gasteiger partial charge in [0.15, 0.2) is 0 Å². The van der Waals surface area contributed by atoms with E-state index in [1.54, 1.807) is 17.3 Å². The molecule has 4 unspecified atom stereocenters. The highest BCUT2D eigenvalue weighted by Crippen LogP contribution is 2.33. The molecule has 0 radical (unpaired) electrons. The van der Waals surface area contributed by atoms with Crippen molar-refractivity contribution in [2.24, 2.45) is 11.8 Å². The van der Waals surface area contributed by atoms with Crippen LogP contribution in [0.3, 0.4) is 0 Å². The number of ether oxygens (including phenoxy) is 1. The fraction of sp³-hybridized carbons (Fsp3) is 0.425. The Morgan fingerprint density at radius 3 is 1.96 bits per heavy atom. The van der Waals surface area contributed by atoms with E-state index >= 15 is 0 Å². The maximum Gasteiger partial charge on any atom is 0.407 e. The van der Waals surface area contributed by atoms with E-state index < -0.39 is 12.1 Å². The molecule has 0 spiro atoms. The van der Waals surface area contributed by atoms with Crippen LogP contribution in [-0.4, -0.2) is 87.5 Å². The van der Waals surface area contributed by atoms with Crippen LogP contribution in [0.15, 0.2) is 60.9 Å². The lowest BCUT2D eigenvalue weighted by Gasteiger charge is -2.30. The van der Waals surface area contributed by atoms with Crippen molar-refractivity contribution < 1.29 is 19.1 Å². The van der Waals surface area contributed by atoms with E-state index in [9.17, 15) is 14.4 Å². The summed E-state index contributed by atoms with van der Waals surface area (Å²) in [5.41, 5.74) is 5.41. The summed E-state index contributed by atoms with van der Waals surface area (Å²) in [6, 6.07) is 14.5. The standard InChI is InChI=1S/C40H50N8O4/c1-24(2)34(46-40(51)52-8)39(50)48-21-9-10-33(48)37-42-23-32(45-37)30-19-15-28(16-20-30)12-11-27-13-17-29(18-14-27)31-22-41-36(44-31)26(5)43-38(49)35(25(3)4)47(6)7/h13-20,22-26,33-35H,9-10,21H2,1-8H3,(H,41,44)(H,42,45)(H,43,49)(H,46,51). The average Bonchev–Trinajstić information content (AvgIpc) is 3.91. The maximum atomic E-state index is 13.5. The lowest BCUT2D eigenvalue weighted by Crippen LogP contribution is -2.51. The summed E-state index contributed by atoms with van der Waals surface area (Å²) in [6.45, 7) is 10.4.